The minimum Gasteiger partial charge on any atom is -0.340 e. The van der Waals surface area contributed by atoms with E-state index in [2.05, 4.69) is 9.80 Å². The molecule has 108 valence electrons. The first-order valence-corrected chi connectivity index (χ1v) is 8.01. The number of piperazine rings is 1. The van der Waals surface area contributed by atoms with E-state index in [4.69, 9.17) is 5.73 Å². The van der Waals surface area contributed by atoms with Crippen molar-refractivity contribution in [3.63, 3.8) is 0 Å². The van der Waals surface area contributed by atoms with Gasteiger partial charge >= 0.3 is 0 Å². The van der Waals surface area contributed by atoms with Crippen molar-refractivity contribution in [2.75, 3.05) is 32.7 Å². The molecule has 0 bridgehead atoms. The van der Waals surface area contributed by atoms with Crippen LogP contribution in [0, 0.1) is 11.8 Å². The Morgan fingerprint density at radius 1 is 0.947 bits per heavy atom. The first-order valence-electron chi connectivity index (χ1n) is 8.01. The van der Waals surface area contributed by atoms with E-state index in [1.54, 1.807) is 0 Å². The molecule has 0 aromatic rings. The highest BCUT2D eigenvalue weighted by molar-refractivity contribution is 5.79. The predicted octanol–water partition coefficient (Wildman–Crippen LogP) is 1.06. The van der Waals surface area contributed by atoms with Gasteiger partial charge in [0.2, 0.25) is 5.91 Å². The molecule has 0 atom stereocenters. The molecule has 3 rings (SSSR count). The summed E-state index contributed by atoms with van der Waals surface area (Å²) in [7, 11) is 0. The maximum absolute atomic E-state index is 12.5. The van der Waals surface area contributed by atoms with E-state index >= 15 is 0 Å². The highest BCUT2D eigenvalue weighted by Gasteiger charge is 2.34. The minimum atomic E-state index is 0.287. The van der Waals surface area contributed by atoms with Crippen molar-refractivity contribution in [3.8, 4) is 0 Å². The van der Waals surface area contributed by atoms with E-state index in [0.717, 1.165) is 64.4 Å². The largest absolute Gasteiger partial charge is 0.340 e. The monoisotopic (exact) mass is 265 g/mol. The Labute approximate surface area is 116 Å². The van der Waals surface area contributed by atoms with Gasteiger partial charge in [-0.2, -0.15) is 0 Å². The summed E-state index contributed by atoms with van der Waals surface area (Å²) in [5, 5.41) is 0. The number of rotatable bonds is 3. The molecular weight excluding hydrogens is 238 g/mol. The van der Waals surface area contributed by atoms with E-state index in [0.29, 0.717) is 11.8 Å². The van der Waals surface area contributed by atoms with Crippen LogP contribution in [0.15, 0.2) is 0 Å². The molecule has 0 aromatic carbocycles. The molecule has 0 radical (unpaired) electrons. The number of carbonyl (C=O) groups is 1. The maximum Gasteiger partial charge on any atom is 0.225 e. The number of nitrogens with two attached hydrogens (primary N) is 1. The van der Waals surface area contributed by atoms with Gasteiger partial charge in [-0.1, -0.05) is 0 Å². The molecule has 3 aliphatic rings. The molecule has 0 spiro atoms. The molecule has 2 saturated carbocycles. The quantitative estimate of drug-likeness (QED) is 0.830. The van der Waals surface area contributed by atoms with Crippen molar-refractivity contribution >= 4 is 5.91 Å². The van der Waals surface area contributed by atoms with E-state index in [1.165, 1.54) is 12.8 Å². The highest BCUT2D eigenvalue weighted by atomic mass is 16.2. The molecule has 0 unspecified atom stereocenters. The van der Waals surface area contributed by atoms with Crippen molar-refractivity contribution in [1.29, 1.82) is 0 Å². The van der Waals surface area contributed by atoms with Crippen LogP contribution in [-0.2, 0) is 4.79 Å². The Kier molecular flexibility index (Phi) is 4.08. The summed E-state index contributed by atoms with van der Waals surface area (Å²) in [6.07, 6.45) is 7.16. The lowest BCUT2D eigenvalue weighted by Crippen LogP contribution is -2.51. The van der Waals surface area contributed by atoms with E-state index in [-0.39, 0.29) is 5.92 Å². The summed E-state index contributed by atoms with van der Waals surface area (Å²) >= 11 is 0. The van der Waals surface area contributed by atoms with Crippen LogP contribution >= 0.6 is 0 Å². The second-order valence-corrected chi connectivity index (χ2v) is 6.55. The third-order valence-corrected chi connectivity index (χ3v) is 5.22. The van der Waals surface area contributed by atoms with Gasteiger partial charge in [0.25, 0.3) is 0 Å². The smallest absolute Gasteiger partial charge is 0.225 e. The fourth-order valence-electron chi connectivity index (χ4n) is 3.65. The molecule has 0 aromatic heterocycles. The Bertz CT molecular complexity index is 313. The van der Waals surface area contributed by atoms with E-state index in [1.807, 2.05) is 0 Å². The number of carbonyl (C=O) groups excluding carboxylic acids is 1. The fraction of sp³-hybridized carbons (Fsp3) is 0.933. The number of hydrogen-bond acceptors (Lipinski definition) is 3. The van der Waals surface area contributed by atoms with Crippen LogP contribution in [0.25, 0.3) is 0 Å². The molecule has 1 aliphatic heterocycles. The third-order valence-electron chi connectivity index (χ3n) is 5.22. The van der Waals surface area contributed by atoms with Crippen molar-refractivity contribution < 1.29 is 4.79 Å². The summed E-state index contributed by atoms with van der Waals surface area (Å²) in [5.74, 6) is 1.37. The van der Waals surface area contributed by atoms with Crippen LogP contribution in [0.2, 0.25) is 0 Å². The van der Waals surface area contributed by atoms with Gasteiger partial charge in [0.05, 0.1) is 0 Å². The average molecular weight is 265 g/mol. The maximum atomic E-state index is 12.5. The second kappa shape index (κ2) is 5.80. The van der Waals surface area contributed by atoms with Crippen LogP contribution in [0.5, 0.6) is 0 Å². The summed E-state index contributed by atoms with van der Waals surface area (Å²) < 4.78 is 0. The molecule has 3 fully saturated rings. The minimum absolute atomic E-state index is 0.287. The lowest BCUT2D eigenvalue weighted by molar-refractivity contribution is -0.138. The Morgan fingerprint density at radius 2 is 1.58 bits per heavy atom. The number of amides is 1. The Balaban J connectivity index is 1.45. The van der Waals surface area contributed by atoms with Crippen molar-refractivity contribution in [1.82, 2.24) is 9.80 Å². The van der Waals surface area contributed by atoms with Crippen molar-refractivity contribution in [3.05, 3.63) is 0 Å². The summed E-state index contributed by atoms with van der Waals surface area (Å²) in [6, 6.07) is 0.845. The summed E-state index contributed by atoms with van der Waals surface area (Å²) in [6.45, 7) is 4.88. The SMILES string of the molecule is NCC1CCC(C(=O)N2CCN(C3CC3)CC2)CC1. The zero-order chi connectivity index (χ0) is 13.2. The molecule has 19 heavy (non-hydrogen) atoms. The van der Waals surface area contributed by atoms with Gasteiger partial charge in [0, 0.05) is 38.1 Å². The van der Waals surface area contributed by atoms with Gasteiger partial charge in [-0.3, -0.25) is 9.69 Å². The van der Waals surface area contributed by atoms with Crippen molar-refractivity contribution in [2.24, 2.45) is 17.6 Å². The zero-order valence-corrected chi connectivity index (χ0v) is 11.9. The summed E-state index contributed by atoms with van der Waals surface area (Å²) in [5.41, 5.74) is 5.72. The van der Waals surface area contributed by atoms with E-state index in [9.17, 15) is 4.79 Å². The molecular formula is C15H27N3O. The predicted molar refractivity (Wildman–Crippen MR) is 75.7 cm³/mol. The molecule has 1 saturated heterocycles. The highest BCUT2D eigenvalue weighted by Crippen LogP contribution is 2.31. The lowest BCUT2D eigenvalue weighted by atomic mass is 9.81. The number of nitrogens with zero attached hydrogens (tertiary/aromatic N) is 2. The van der Waals surface area contributed by atoms with Gasteiger partial charge in [-0.25, -0.2) is 0 Å². The van der Waals surface area contributed by atoms with Gasteiger partial charge in [0.1, 0.15) is 0 Å². The molecule has 1 amide bonds. The van der Waals surface area contributed by atoms with Crippen LogP contribution < -0.4 is 5.73 Å². The van der Waals surface area contributed by atoms with Crippen LogP contribution in [0.3, 0.4) is 0 Å². The van der Waals surface area contributed by atoms with Gasteiger partial charge in [0.15, 0.2) is 0 Å². The lowest BCUT2D eigenvalue weighted by Gasteiger charge is -2.38. The Morgan fingerprint density at radius 3 is 2.11 bits per heavy atom. The average Bonchev–Trinajstić information content (AvgIpc) is 3.31. The first kappa shape index (κ1) is 13.4. The molecule has 4 nitrogen and oxygen atoms in total. The van der Waals surface area contributed by atoms with Crippen LogP contribution in [0.4, 0.5) is 0 Å². The number of hydrogen-bond donors (Lipinski definition) is 1. The van der Waals surface area contributed by atoms with Gasteiger partial charge in [-0.05, 0) is 51.0 Å². The first-order chi connectivity index (χ1) is 9.28. The standard InChI is InChI=1S/C15H27N3O/c16-11-12-1-3-13(4-2-12)15(19)18-9-7-17(8-10-18)14-5-6-14/h12-14H,1-11,16H2. The normalized spacial score (nSPS) is 33.4. The van der Waals surface area contributed by atoms with Crippen LogP contribution in [0.1, 0.15) is 38.5 Å². The topological polar surface area (TPSA) is 49.6 Å². The van der Waals surface area contributed by atoms with Crippen LogP contribution in [-0.4, -0.2) is 54.5 Å². The summed E-state index contributed by atoms with van der Waals surface area (Å²) in [4.78, 5) is 17.2. The third kappa shape index (κ3) is 3.11. The van der Waals surface area contributed by atoms with E-state index < -0.39 is 0 Å². The van der Waals surface area contributed by atoms with Gasteiger partial charge < -0.3 is 10.6 Å². The zero-order valence-electron chi connectivity index (χ0n) is 11.9. The Hall–Kier alpha value is -0.610. The van der Waals surface area contributed by atoms with Crippen molar-refractivity contribution in [2.45, 2.75) is 44.6 Å². The molecule has 2 aliphatic carbocycles. The molecule has 2 N–H and O–H groups in total. The second-order valence-electron chi connectivity index (χ2n) is 6.55. The van der Waals surface area contributed by atoms with Gasteiger partial charge in [-0.15, -0.1) is 0 Å². The fourth-order valence-corrected chi connectivity index (χ4v) is 3.65. The molecule has 4 heteroatoms. The molecule has 1 heterocycles.